The van der Waals surface area contributed by atoms with Crippen LogP contribution in [0.4, 0.5) is 0 Å². The van der Waals surface area contributed by atoms with Gasteiger partial charge in [0.25, 0.3) is 0 Å². The Morgan fingerprint density at radius 1 is 1.53 bits per heavy atom. The summed E-state index contributed by atoms with van der Waals surface area (Å²) < 4.78 is 1.81. The molecule has 0 radical (unpaired) electrons. The van der Waals surface area contributed by atoms with Crippen LogP contribution in [0.25, 0.3) is 11.4 Å². The van der Waals surface area contributed by atoms with Crippen molar-refractivity contribution in [1.29, 1.82) is 0 Å². The summed E-state index contributed by atoms with van der Waals surface area (Å²) in [4.78, 5) is 7.64. The average molecular weight is 233 g/mol. The number of aromatic nitrogens is 4. The minimum atomic E-state index is -0.0398. The van der Waals surface area contributed by atoms with Crippen LogP contribution in [-0.2, 0) is 7.05 Å². The number of H-pyrrole nitrogens is 1. The predicted octanol–water partition coefficient (Wildman–Crippen LogP) is 1.86. The Kier molecular flexibility index (Phi) is 3.28. The molecule has 2 atom stereocenters. The van der Waals surface area contributed by atoms with Crippen molar-refractivity contribution in [3.05, 3.63) is 24.3 Å². The van der Waals surface area contributed by atoms with E-state index in [2.05, 4.69) is 28.9 Å². The Labute approximate surface area is 101 Å². The van der Waals surface area contributed by atoms with Gasteiger partial charge in [0.1, 0.15) is 5.82 Å². The smallest absolute Gasteiger partial charge is 0.123 e. The van der Waals surface area contributed by atoms with Crippen molar-refractivity contribution in [2.45, 2.75) is 26.3 Å². The van der Waals surface area contributed by atoms with Gasteiger partial charge in [-0.1, -0.05) is 20.3 Å². The van der Waals surface area contributed by atoms with Crippen molar-refractivity contribution in [2.75, 3.05) is 0 Å². The van der Waals surface area contributed by atoms with Crippen LogP contribution in [0.15, 0.2) is 18.5 Å². The summed E-state index contributed by atoms with van der Waals surface area (Å²) in [6.07, 6.45) is 4.63. The summed E-state index contributed by atoms with van der Waals surface area (Å²) in [6.45, 7) is 4.27. The predicted molar refractivity (Wildman–Crippen MR) is 67.2 cm³/mol. The van der Waals surface area contributed by atoms with Gasteiger partial charge in [-0.05, 0) is 12.0 Å². The third-order valence-corrected chi connectivity index (χ3v) is 3.27. The van der Waals surface area contributed by atoms with Crippen molar-refractivity contribution in [3.63, 3.8) is 0 Å². The first-order chi connectivity index (χ1) is 8.13. The van der Waals surface area contributed by atoms with Crippen molar-refractivity contribution in [1.82, 2.24) is 19.7 Å². The molecule has 3 N–H and O–H groups in total. The molecule has 2 rings (SSSR count). The summed E-state index contributed by atoms with van der Waals surface area (Å²) >= 11 is 0. The van der Waals surface area contributed by atoms with Gasteiger partial charge in [0, 0.05) is 13.2 Å². The molecular formula is C12H19N5. The maximum atomic E-state index is 6.14. The Bertz CT molecular complexity index is 485. The van der Waals surface area contributed by atoms with Crippen molar-refractivity contribution >= 4 is 0 Å². The van der Waals surface area contributed by atoms with Gasteiger partial charge in [0.2, 0.25) is 0 Å². The number of hydrogen-bond acceptors (Lipinski definition) is 3. The first kappa shape index (κ1) is 11.9. The number of aryl methyl sites for hydroxylation is 1. The summed E-state index contributed by atoms with van der Waals surface area (Å²) in [6, 6.07) is 1.91. The zero-order valence-corrected chi connectivity index (χ0v) is 10.5. The molecule has 0 aliphatic carbocycles. The third-order valence-electron chi connectivity index (χ3n) is 3.27. The fourth-order valence-corrected chi connectivity index (χ4v) is 1.80. The van der Waals surface area contributed by atoms with E-state index in [1.54, 1.807) is 6.20 Å². The average Bonchev–Trinajstić information content (AvgIpc) is 2.95. The first-order valence-electron chi connectivity index (χ1n) is 5.92. The zero-order valence-electron chi connectivity index (χ0n) is 10.5. The van der Waals surface area contributed by atoms with E-state index >= 15 is 0 Å². The largest absolute Gasteiger partial charge is 0.339 e. The maximum absolute atomic E-state index is 6.14. The van der Waals surface area contributed by atoms with Gasteiger partial charge in [0.05, 0.1) is 23.6 Å². The monoisotopic (exact) mass is 233 g/mol. The summed E-state index contributed by atoms with van der Waals surface area (Å²) in [5, 5.41) is 4.14. The lowest BCUT2D eigenvalue weighted by Crippen LogP contribution is -2.19. The number of aromatic amines is 1. The summed E-state index contributed by atoms with van der Waals surface area (Å²) in [5.74, 6) is 1.26. The molecule has 0 aliphatic heterocycles. The van der Waals surface area contributed by atoms with Gasteiger partial charge >= 0.3 is 0 Å². The molecule has 0 saturated heterocycles. The van der Waals surface area contributed by atoms with Crippen LogP contribution < -0.4 is 5.73 Å². The Balaban J connectivity index is 2.25. The molecule has 5 nitrogen and oxygen atoms in total. The van der Waals surface area contributed by atoms with E-state index in [1.165, 1.54) is 0 Å². The van der Waals surface area contributed by atoms with Gasteiger partial charge in [-0.3, -0.25) is 4.68 Å². The molecular weight excluding hydrogens is 214 g/mol. The summed E-state index contributed by atoms with van der Waals surface area (Å²) in [7, 11) is 1.91. The van der Waals surface area contributed by atoms with E-state index in [0.717, 1.165) is 23.6 Å². The number of rotatable bonds is 4. The van der Waals surface area contributed by atoms with Crippen LogP contribution in [0.3, 0.4) is 0 Å². The number of nitrogens with two attached hydrogens (primary N) is 1. The number of nitrogens with one attached hydrogen (secondary N) is 1. The molecule has 2 aromatic heterocycles. The minimum Gasteiger partial charge on any atom is -0.339 e. The minimum absolute atomic E-state index is 0.0398. The summed E-state index contributed by atoms with van der Waals surface area (Å²) in [5.41, 5.74) is 8.11. The highest BCUT2D eigenvalue weighted by Crippen LogP contribution is 2.22. The molecule has 92 valence electrons. The fraction of sp³-hybridized carbons (Fsp3) is 0.500. The molecule has 0 fully saturated rings. The van der Waals surface area contributed by atoms with E-state index in [9.17, 15) is 0 Å². The highest BCUT2D eigenvalue weighted by molar-refractivity contribution is 5.53. The molecule has 17 heavy (non-hydrogen) atoms. The zero-order chi connectivity index (χ0) is 12.4. The normalized spacial score (nSPS) is 14.8. The van der Waals surface area contributed by atoms with Crippen molar-refractivity contribution < 1.29 is 0 Å². The van der Waals surface area contributed by atoms with E-state index in [0.29, 0.717) is 5.92 Å². The van der Waals surface area contributed by atoms with Crippen LogP contribution in [0.2, 0.25) is 0 Å². The second kappa shape index (κ2) is 4.71. The van der Waals surface area contributed by atoms with Gasteiger partial charge in [-0.2, -0.15) is 5.10 Å². The van der Waals surface area contributed by atoms with Crippen molar-refractivity contribution in [3.8, 4) is 11.4 Å². The molecule has 0 bridgehead atoms. The van der Waals surface area contributed by atoms with E-state index in [1.807, 2.05) is 24.0 Å². The van der Waals surface area contributed by atoms with Crippen molar-refractivity contribution in [2.24, 2.45) is 18.7 Å². The second-order valence-electron chi connectivity index (χ2n) is 4.43. The van der Waals surface area contributed by atoms with E-state index < -0.39 is 0 Å². The van der Waals surface area contributed by atoms with E-state index in [-0.39, 0.29) is 6.04 Å². The molecule has 0 aromatic carbocycles. The SMILES string of the molecule is CCC(C)C(N)c1ncc(-c2ccnn2C)[nH]1. The highest BCUT2D eigenvalue weighted by Gasteiger charge is 2.17. The first-order valence-corrected chi connectivity index (χ1v) is 5.92. The Morgan fingerprint density at radius 2 is 2.29 bits per heavy atom. The Hall–Kier alpha value is -1.62. The molecule has 2 unspecified atom stereocenters. The number of hydrogen-bond donors (Lipinski definition) is 2. The lowest BCUT2D eigenvalue weighted by Gasteiger charge is -2.15. The molecule has 2 heterocycles. The lowest BCUT2D eigenvalue weighted by atomic mass is 10.00. The molecule has 0 amide bonds. The third kappa shape index (κ3) is 2.24. The standard InChI is InChI=1S/C12H19N5/c1-4-8(2)11(13)12-14-7-9(16-12)10-5-6-15-17(10)3/h5-8,11H,4,13H2,1-3H3,(H,14,16). The van der Waals surface area contributed by atoms with Crippen LogP contribution in [0.1, 0.15) is 32.1 Å². The fourth-order valence-electron chi connectivity index (χ4n) is 1.80. The van der Waals surface area contributed by atoms with Crippen LogP contribution in [0.5, 0.6) is 0 Å². The number of nitrogens with zero attached hydrogens (tertiary/aromatic N) is 3. The van der Waals surface area contributed by atoms with Gasteiger partial charge < -0.3 is 10.7 Å². The number of imidazole rings is 1. The quantitative estimate of drug-likeness (QED) is 0.846. The van der Waals surface area contributed by atoms with Crippen LogP contribution in [-0.4, -0.2) is 19.7 Å². The second-order valence-corrected chi connectivity index (χ2v) is 4.43. The molecule has 0 saturated carbocycles. The van der Waals surface area contributed by atoms with E-state index in [4.69, 9.17) is 5.73 Å². The van der Waals surface area contributed by atoms with Crippen LogP contribution >= 0.6 is 0 Å². The molecule has 0 aliphatic rings. The van der Waals surface area contributed by atoms with Gasteiger partial charge in [-0.15, -0.1) is 0 Å². The van der Waals surface area contributed by atoms with Gasteiger partial charge in [0.15, 0.2) is 0 Å². The maximum Gasteiger partial charge on any atom is 0.123 e. The lowest BCUT2D eigenvalue weighted by molar-refractivity contribution is 0.441. The molecule has 5 heteroatoms. The molecule has 2 aromatic rings. The topological polar surface area (TPSA) is 72.5 Å². The highest BCUT2D eigenvalue weighted by atomic mass is 15.3. The Morgan fingerprint density at radius 3 is 2.88 bits per heavy atom. The van der Waals surface area contributed by atoms with Gasteiger partial charge in [-0.25, -0.2) is 4.98 Å². The van der Waals surface area contributed by atoms with Crippen LogP contribution in [0, 0.1) is 5.92 Å². The molecule has 0 spiro atoms.